The Morgan fingerprint density at radius 3 is 2.78 bits per heavy atom. The maximum Gasteiger partial charge on any atom is 0.276 e. The molecule has 2 atom stereocenters. The van der Waals surface area contributed by atoms with Gasteiger partial charge in [0.25, 0.3) is 5.69 Å². The van der Waals surface area contributed by atoms with Crippen molar-refractivity contribution in [1.82, 2.24) is 0 Å². The number of hydrogen-bond acceptors (Lipinski definition) is 5. The summed E-state index contributed by atoms with van der Waals surface area (Å²) < 4.78 is 0. The highest BCUT2D eigenvalue weighted by Gasteiger charge is 2.26. The van der Waals surface area contributed by atoms with Gasteiger partial charge in [0.15, 0.2) is 0 Å². The van der Waals surface area contributed by atoms with Crippen molar-refractivity contribution < 1.29 is 15.1 Å². The van der Waals surface area contributed by atoms with Gasteiger partial charge in [-0.3, -0.25) is 10.1 Å². The molecule has 0 aromatic heterocycles. The predicted molar refractivity (Wildman–Crippen MR) is 63.1 cm³/mol. The molecule has 1 aromatic carbocycles. The van der Waals surface area contributed by atoms with Gasteiger partial charge in [-0.25, -0.2) is 0 Å². The first-order valence-corrected chi connectivity index (χ1v) is 5.16. The quantitative estimate of drug-likeness (QED) is 0.278. The molecule has 0 heterocycles. The minimum absolute atomic E-state index is 0.0926. The highest BCUT2D eigenvalue weighted by Crippen LogP contribution is 2.30. The van der Waals surface area contributed by atoms with Gasteiger partial charge in [-0.1, -0.05) is 16.7 Å². The molecule has 2 N–H and O–H groups in total. The minimum Gasteiger partial charge on any atom is -0.390 e. The predicted octanol–water partition coefficient (Wildman–Crippen LogP) is 1.95. The second kappa shape index (κ2) is 6.18. The number of nitrogens with zero attached hydrogens (tertiary/aromatic N) is 4. The maximum atomic E-state index is 10.8. The second-order valence-corrected chi connectivity index (χ2v) is 3.82. The SMILES string of the molecule is [N-]=[N+]=NCC(O)C(O)c1ccc(Cl)cc1[N+](=O)[O-]. The molecule has 2 unspecified atom stereocenters. The molecule has 1 rings (SSSR count). The van der Waals surface area contributed by atoms with Crippen LogP contribution >= 0.6 is 11.6 Å². The molecular weight excluding hydrogens is 264 g/mol. The molecule has 0 fully saturated rings. The second-order valence-electron chi connectivity index (χ2n) is 3.39. The molecule has 0 spiro atoms. The number of benzene rings is 1. The Morgan fingerprint density at radius 2 is 2.22 bits per heavy atom. The lowest BCUT2D eigenvalue weighted by Gasteiger charge is -2.16. The van der Waals surface area contributed by atoms with E-state index in [1.165, 1.54) is 12.1 Å². The van der Waals surface area contributed by atoms with Crippen LogP contribution in [0.3, 0.4) is 0 Å². The first kappa shape index (κ1) is 14.2. The molecule has 96 valence electrons. The van der Waals surface area contributed by atoms with Crippen LogP contribution in [0.2, 0.25) is 5.02 Å². The number of aliphatic hydroxyl groups is 2. The van der Waals surface area contributed by atoms with Gasteiger partial charge in [-0.2, -0.15) is 0 Å². The lowest BCUT2D eigenvalue weighted by molar-refractivity contribution is -0.386. The van der Waals surface area contributed by atoms with E-state index in [-0.39, 0.29) is 10.6 Å². The lowest BCUT2D eigenvalue weighted by atomic mass is 10.0. The monoisotopic (exact) mass is 272 g/mol. The van der Waals surface area contributed by atoms with Crippen molar-refractivity contribution in [1.29, 1.82) is 0 Å². The highest BCUT2D eigenvalue weighted by atomic mass is 35.5. The van der Waals surface area contributed by atoms with Crippen molar-refractivity contribution in [3.63, 3.8) is 0 Å². The van der Waals surface area contributed by atoms with Crippen LogP contribution in [0.1, 0.15) is 11.7 Å². The van der Waals surface area contributed by atoms with E-state index in [1.807, 2.05) is 0 Å². The lowest BCUT2D eigenvalue weighted by Crippen LogP contribution is -2.22. The fourth-order valence-electron chi connectivity index (χ4n) is 1.35. The van der Waals surface area contributed by atoms with Crippen molar-refractivity contribution in [3.8, 4) is 0 Å². The Kier molecular flexibility index (Phi) is 4.87. The third kappa shape index (κ3) is 3.31. The molecular formula is C9H9ClN4O4. The van der Waals surface area contributed by atoms with Gasteiger partial charge in [0.1, 0.15) is 6.10 Å². The van der Waals surface area contributed by atoms with Crippen molar-refractivity contribution in [2.45, 2.75) is 12.2 Å². The number of nitro benzene ring substituents is 1. The van der Waals surface area contributed by atoms with Crippen molar-refractivity contribution in [3.05, 3.63) is 49.3 Å². The number of rotatable bonds is 5. The normalized spacial score (nSPS) is 13.5. The summed E-state index contributed by atoms with van der Waals surface area (Å²) in [5.74, 6) is 0. The van der Waals surface area contributed by atoms with Gasteiger partial charge >= 0.3 is 0 Å². The molecule has 0 radical (unpaired) electrons. The summed E-state index contributed by atoms with van der Waals surface area (Å²) in [5, 5.41) is 33.3. The van der Waals surface area contributed by atoms with Gasteiger partial charge in [0.05, 0.1) is 23.1 Å². The van der Waals surface area contributed by atoms with Crippen LogP contribution in [0.25, 0.3) is 10.4 Å². The number of halogens is 1. The number of aliphatic hydroxyl groups excluding tert-OH is 2. The summed E-state index contributed by atoms with van der Waals surface area (Å²) in [6.07, 6.45) is -2.96. The molecule has 8 nitrogen and oxygen atoms in total. The first-order chi connectivity index (χ1) is 8.47. The average Bonchev–Trinajstić information content (AvgIpc) is 2.34. The Hall–Kier alpha value is -1.86. The summed E-state index contributed by atoms with van der Waals surface area (Å²) >= 11 is 5.61. The van der Waals surface area contributed by atoms with E-state index in [0.717, 1.165) is 6.07 Å². The van der Waals surface area contributed by atoms with Crippen LogP contribution in [-0.4, -0.2) is 27.8 Å². The Morgan fingerprint density at radius 1 is 1.56 bits per heavy atom. The van der Waals surface area contributed by atoms with Crippen LogP contribution in [-0.2, 0) is 0 Å². The van der Waals surface area contributed by atoms with E-state index in [0.29, 0.717) is 0 Å². The van der Waals surface area contributed by atoms with Crippen molar-refractivity contribution in [2.24, 2.45) is 5.11 Å². The standard InChI is InChI=1S/C9H9ClN4O4/c10-5-1-2-6(7(3-5)14(17)18)9(16)8(15)4-12-13-11/h1-3,8-9,15-16H,4H2. The third-order valence-electron chi connectivity index (χ3n) is 2.20. The summed E-state index contributed by atoms with van der Waals surface area (Å²) in [5.41, 5.74) is 7.59. The van der Waals surface area contributed by atoms with Gasteiger partial charge < -0.3 is 10.2 Å². The van der Waals surface area contributed by atoms with Gasteiger partial charge in [0, 0.05) is 16.0 Å². The summed E-state index contributed by atoms with van der Waals surface area (Å²) in [4.78, 5) is 12.5. The van der Waals surface area contributed by atoms with Gasteiger partial charge in [0.2, 0.25) is 0 Å². The molecule has 0 aliphatic rings. The summed E-state index contributed by atoms with van der Waals surface area (Å²) in [7, 11) is 0. The largest absolute Gasteiger partial charge is 0.390 e. The molecule has 0 bridgehead atoms. The fourth-order valence-corrected chi connectivity index (χ4v) is 1.52. The van der Waals surface area contributed by atoms with Crippen molar-refractivity contribution >= 4 is 17.3 Å². The molecule has 0 saturated carbocycles. The average molecular weight is 273 g/mol. The van der Waals surface area contributed by atoms with Crippen molar-refractivity contribution in [2.75, 3.05) is 6.54 Å². The van der Waals surface area contributed by atoms with E-state index in [2.05, 4.69) is 10.0 Å². The van der Waals surface area contributed by atoms with Gasteiger partial charge in [-0.05, 0) is 17.7 Å². The molecule has 18 heavy (non-hydrogen) atoms. The molecule has 0 aliphatic heterocycles. The van der Waals surface area contributed by atoms with E-state index in [1.54, 1.807) is 0 Å². The van der Waals surface area contributed by atoms with E-state index in [4.69, 9.17) is 17.1 Å². The first-order valence-electron chi connectivity index (χ1n) is 4.78. The zero-order valence-electron chi connectivity index (χ0n) is 8.97. The Balaban J connectivity index is 3.08. The molecule has 0 aliphatic carbocycles. The number of hydrogen-bond donors (Lipinski definition) is 2. The maximum absolute atomic E-state index is 10.8. The molecule has 0 amide bonds. The minimum atomic E-state index is -1.53. The number of nitro groups is 1. The van der Waals surface area contributed by atoms with Crippen LogP contribution in [0.5, 0.6) is 0 Å². The van der Waals surface area contributed by atoms with Crippen LogP contribution in [0.4, 0.5) is 5.69 Å². The summed E-state index contributed by atoms with van der Waals surface area (Å²) in [6.45, 7) is -0.391. The van der Waals surface area contributed by atoms with E-state index >= 15 is 0 Å². The number of azide groups is 1. The van der Waals surface area contributed by atoms with Gasteiger partial charge in [-0.15, -0.1) is 0 Å². The Labute approximate surface area is 106 Å². The van der Waals surface area contributed by atoms with E-state index < -0.39 is 29.4 Å². The topological polar surface area (TPSA) is 132 Å². The zero-order chi connectivity index (χ0) is 13.7. The molecule has 0 saturated heterocycles. The smallest absolute Gasteiger partial charge is 0.276 e. The van der Waals surface area contributed by atoms with Crippen LogP contribution < -0.4 is 0 Å². The fraction of sp³-hybridized carbons (Fsp3) is 0.333. The van der Waals surface area contributed by atoms with Crippen LogP contribution in [0, 0.1) is 10.1 Å². The van der Waals surface area contributed by atoms with Crippen LogP contribution in [0.15, 0.2) is 23.3 Å². The zero-order valence-corrected chi connectivity index (χ0v) is 9.73. The van der Waals surface area contributed by atoms with E-state index in [9.17, 15) is 20.3 Å². The Bertz CT molecular complexity index is 503. The summed E-state index contributed by atoms with van der Waals surface area (Å²) in [6, 6.07) is 3.66. The highest BCUT2D eigenvalue weighted by molar-refractivity contribution is 6.30. The molecule has 1 aromatic rings. The third-order valence-corrected chi connectivity index (χ3v) is 2.44. The molecule has 9 heteroatoms.